The number of aliphatic imine (C=N–C) groups is 1. The summed E-state index contributed by atoms with van der Waals surface area (Å²) in [6, 6.07) is 29.1. The Bertz CT molecular complexity index is 5780. The predicted octanol–water partition coefficient (Wildman–Crippen LogP) is 11.8. The third kappa shape index (κ3) is 17.2. The standard InChI is InChI=1S/C20H15F2N5O.2C20H16F2N4O3.C13H11FN4O5.C7H5FO/c1-27-20(24-9-25-27)17-18(10-2-4-11(21)5-3-10)26-14-7-12(22)6-13-15(28)8-23-19(17)16(13)14;2*1-26-19(23-9-24-26)16-17(10-3-5-11(21)6-4-10)25-14-8-12(22)7-13(20(28)29-2)15(14)18(16)27;1-17-11(15-6-16-17)5-10(19)12-8(13(20)23-2)3-7(14)4-9(12)18(21)22;8-7-3-1-6(5-9)2-4-7/h2-7,9,17-18,26H,8H2,1H3;2*3-9,16-17,25H,1-2H3;3-4,6H,5H2,1-2H3;1-5H/t17-,18-;16-,17-;;;/m11.../s1. The van der Waals surface area contributed by atoms with Gasteiger partial charge in [-0.1, -0.05) is 36.4 Å². The van der Waals surface area contributed by atoms with E-state index in [-0.39, 0.29) is 81.8 Å². The van der Waals surface area contributed by atoms with Crippen LogP contribution in [-0.2, 0) is 48.8 Å². The van der Waals surface area contributed by atoms with Crippen LogP contribution >= 0.6 is 0 Å². The average Bonchev–Trinajstić information content (AvgIpc) is 1.08. The summed E-state index contributed by atoms with van der Waals surface area (Å²) in [5.74, 6) is -9.54. The molecule has 38 heteroatoms. The van der Waals surface area contributed by atoms with Crippen molar-refractivity contribution in [2.45, 2.75) is 42.3 Å². The number of fused-ring (bicyclic) bond motifs is 2. The third-order valence-corrected chi connectivity index (χ3v) is 19.2. The van der Waals surface area contributed by atoms with Gasteiger partial charge in [0.25, 0.3) is 5.69 Å². The smallest absolute Gasteiger partial charge is 0.338 e. The first kappa shape index (κ1) is 82.4. The van der Waals surface area contributed by atoms with Gasteiger partial charge in [0.15, 0.2) is 23.1 Å². The number of halogens is 8. The van der Waals surface area contributed by atoms with E-state index in [0.717, 1.165) is 57.2 Å². The number of Topliss-reactive ketones (excluding diaryl/α,β-unsaturated/α-hetero) is 4. The van der Waals surface area contributed by atoms with Gasteiger partial charge in [0.2, 0.25) is 0 Å². The fourth-order valence-electron chi connectivity index (χ4n) is 13.8. The molecule has 0 saturated heterocycles. The summed E-state index contributed by atoms with van der Waals surface area (Å²) in [5.41, 5.74) is 2.72. The second kappa shape index (κ2) is 35.2. The quantitative estimate of drug-likeness (QED) is 0.0173. The van der Waals surface area contributed by atoms with Gasteiger partial charge >= 0.3 is 17.9 Å². The zero-order valence-electron chi connectivity index (χ0n) is 62.7. The maximum atomic E-state index is 14.2. The average molecular weight is 1620 g/mol. The van der Waals surface area contributed by atoms with E-state index >= 15 is 0 Å². The second-order valence-electron chi connectivity index (χ2n) is 26.3. The van der Waals surface area contributed by atoms with Crippen LogP contribution in [0.1, 0.15) is 164 Å². The van der Waals surface area contributed by atoms with Crippen LogP contribution in [0.3, 0.4) is 0 Å². The van der Waals surface area contributed by atoms with Crippen molar-refractivity contribution in [2.24, 2.45) is 33.2 Å². The number of hydrogen-bond donors (Lipinski definition) is 3. The topological polar surface area (TPSA) is 379 Å². The number of ether oxygens (including phenoxy) is 3. The van der Waals surface area contributed by atoms with E-state index in [2.05, 4.69) is 66.0 Å². The highest BCUT2D eigenvalue weighted by molar-refractivity contribution is 6.22. The first-order valence-corrected chi connectivity index (χ1v) is 35.1. The van der Waals surface area contributed by atoms with Crippen molar-refractivity contribution in [3.63, 3.8) is 0 Å². The van der Waals surface area contributed by atoms with E-state index in [1.54, 1.807) is 38.0 Å². The van der Waals surface area contributed by atoms with Crippen molar-refractivity contribution < 1.29 is 92.6 Å². The summed E-state index contributed by atoms with van der Waals surface area (Å²) < 4.78 is 128. The minimum Gasteiger partial charge on any atom is -0.465 e. The van der Waals surface area contributed by atoms with Crippen LogP contribution in [0, 0.1) is 56.7 Å². The number of carbonyl (C=O) groups excluding carboxylic acids is 8. The molecule has 602 valence electrons. The first-order chi connectivity index (χ1) is 56.5. The van der Waals surface area contributed by atoms with E-state index in [4.69, 9.17) is 9.47 Å². The molecule has 8 heterocycles. The molecule has 4 aromatic heterocycles. The Hall–Kier alpha value is -15.0. The Kier molecular flexibility index (Phi) is 24.6. The Morgan fingerprint density at radius 3 is 1.20 bits per heavy atom. The van der Waals surface area contributed by atoms with Crippen LogP contribution in [-0.4, -0.2) is 145 Å². The Morgan fingerprint density at radius 1 is 0.466 bits per heavy atom. The lowest BCUT2D eigenvalue weighted by Crippen LogP contribution is -2.37. The van der Waals surface area contributed by atoms with Gasteiger partial charge in [0.1, 0.15) is 125 Å². The molecule has 6 atom stereocenters. The number of rotatable bonds is 14. The van der Waals surface area contributed by atoms with Crippen LogP contribution < -0.4 is 16.0 Å². The fraction of sp³-hybridized carbons (Fsp3) is 0.188. The van der Waals surface area contributed by atoms with Crippen molar-refractivity contribution in [2.75, 3.05) is 43.8 Å². The molecule has 2 unspecified atom stereocenters. The zero-order valence-corrected chi connectivity index (χ0v) is 62.7. The molecule has 0 fully saturated rings. The maximum absolute atomic E-state index is 14.2. The number of esters is 3. The highest BCUT2D eigenvalue weighted by atomic mass is 19.2. The Labute approximate surface area is 661 Å². The highest BCUT2D eigenvalue weighted by Crippen LogP contribution is 2.48. The molecule has 0 saturated carbocycles. The summed E-state index contributed by atoms with van der Waals surface area (Å²) in [5, 5.41) is 36.7. The molecule has 3 N–H and O–H groups in total. The highest BCUT2D eigenvalue weighted by Gasteiger charge is 2.46. The number of aryl methyl sites for hydroxylation is 4. The number of ketones is 4. The van der Waals surface area contributed by atoms with Crippen LogP contribution in [0.2, 0.25) is 0 Å². The van der Waals surface area contributed by atoms with Gasteiger partial charge < -0.3 is 30.2 Å². The number of nitro groups is 1. The van der Waals surface area contributed by atoms with Crippen molar-refractivity contribution in [3.05, 3.63) is 318 Å². The van der Waals surface area contributed by atoms with Gasteiger partial charge in [-0.2, -0.15) is 20.4 Å². The summed E-state index contributed by atoms with van der Waals surface area (Å²) in [7, 11) is 9.92. The summed E-state index contributed by atoms with van der Waals surface area (Å²) >= 11 is 0. The lowest BCUT2D eigenvalue weighted by Gasteiger charge is -2.37. The number of benzene rings is 8. The molecule has 0 spiro atoms. The van der Waals surface area contributed by atoms with E-state index in [1.165, 1.54) is 143 Å². The van der Waals surface area contributed by atoms with Crippen molar-refractivity contribution in [1.29, 1.82) is 0 Å². The minimum atomic E-state index is -1.05. The summed E-state index contributed by atoms with van der Waals surface area (Å²) in [6.45, 7) is -0.0459. The molecule has 30 nitrogen and oxygen atoms in total. The normalized spacial score (nSPS) is 16.5. The zero-order chi connectivity index (χ0) is 84.7. The van der Waals surface area contributed by atoms with E-state index in [0.29, 0.717) is 69.0 Å². The van der Waals surface area contributed by atoms with Gasteiger partial charge in [-0.25, -0.2) is 69.4 Å². The van der Waals surface area contributed by atoms with Gasteiger partial charge in [0.05, 0.1) is 96.3 Å². The monoisotopic (exact) mass is 1620 g/mol. The first-order valence-electron chi connectivity index (χ1n) is 35.1. The van der Waals surface area contributed by atoms with Crippen molar-refractivity contribution >= 4 is 75.8 Å². The van der Waals surface area contributed by atoms with Crippen LogP contribution in [0.4, 0.5) is 57.9 Å². The number of nitrogens with zero attached hydrogens (tertiary/aromatic N) is 14. The lowest BCUT2D eigenvalue weighted by molar-refractivity contribution is -0.385. The van der Waals surface area contributed by atoms with Gasteiger partial charge in [-0.15, -0.1) is 0 Å². The number of carbonyl (C=O) groups is 8. The third-order valence-electron chi connectivity index (χ3n) is 19.2. The molecule has 0 radical (unpaired) electrons. The number of nitro benzene ring substituents is 1. The van der Waals surface area contributed by atoms with Crippen LogP contribution in [0.25, 0.3) is 0 Å². The SMILES string of the molecule is COC(=O)c1cc(F)cc([N+](=O)[O-])c1C(=O)Cc1ncnn1C.COC(=O)c1cc(F)cc2c1C(=O)C(c1ncnn1C)C(c1ccc(F)cc1)N2.COC(=O)c1cc(F)cc2c1C(=O)[C@H](c1ncnn1C)[C@@H](c1ccc(F)cc1)N2.Cn1ncnc1[C@H]1C2=NCC(=O)c3cc(F)cc(c32)N[C@@H]1c1ccc(F)cc1.O=Cc1ccc(F)cc1. The van der Waals surface area contributed by atoms with E-state index < -0.39 is 116 Å². The molecule has 12 aromatic rings. The van der Waals surface area contributed by atoms with Crippen LogP contribution in [0.15, 0.2) is 176 Å². The number of aromatic nitrogens is 12. The Morgan fingerprint density at radius 2 is 0.822 bits per heavy atom. The summed E-state index contributed by atoms with van der Waals surface area (Å²) in [6.07, 6.45) is 5.62. The number of hydrogen-bond acceptors (Lipinski definition) is 25. The predicted molar refractivity (Wildman–Crippen MR) is 401 cm³/mol. The molecule has 0 bridgehead atoms. The largest absolute Gasteiger partial charge is 0.465 e. The second-order valence-corrected chi connectivity index (χ2v) is 26.3. The summed E-state index contributed by atoms with van der Waals surface area (Å²) in [4.78, 5) is 129. The molecule has 4 aliphatic heterocycles. The van der Waals surface area contributed by atoms with E-state index in [1.807, 2.05) is 0 Å². The lowest BCUT2D eigenvalue weighted by atomic mass is 9.78. The molecular formula is C80H63F8N17O13. The molecule has 16 rings (SSSR count). The molecule has 8 aromatic carbocycles. The van der Waals surface area contributed by atoms with Gasteiger partial charge in [-0.05, 0) is 120 Å². The van der Waals surface area contributed by atoms with Crippen LogP contribution in [0.5, 0.6) is 0 Å². The molecule has 0 amide bonds. The fourth-order valence-corrected chi connectivity index (χ4v) is 13.8. The van der Waals surface area contributed by atoms with E-state index in [9.17, 15) is 83.6 Å². The number of aldehydes is 1. The van der Waals surface area contributed by atoms with Crippen molar-refractivity contribution in [3.8, 4) is 0 Å². The van der Waals surface area contributed by atoms with Gasteiger partial charge in [0, 0.05) is 61.9 Å². The minimum absolute atomic E-state index is 0.0182. The number of methoxy groups -OCH3 is 3. The molecule has 118 heavy (non-hydrogen) atoms. The number of nitrogens with one attached hydrogen (secondary N) is 3. The molecule has 4 aliphatic rings. The van der Waals surface area contributed by atoms with Crippen molar-refractivity contribution in [1.82, 2.24) is 59.1 Å². The number of anilines is 3. The Balaban J connectivity index is 0.000000140. The van der Waals surface area contributed by atoms with Gasteiger partial charge in [-0.3, -0.25) is 57.8 Å². The molecule has 0 aliphatic carbocycles. The molecular weight excluding hydrogens is 1560 g/mol. The maximum Gasteiger partial charge on any atom is 0.338 e.